The fourth-order valence-corrected chi connectivity index (χ4v) is 2.93. The fraction of sp³-hybridized carbons (Fsp3) is 0.190. The highest BCUT2D eigenvalue weighted by atomic mass is 16.5. The number of rotatable bonds is 5. The van der Waals surface area contributed by atoms with Gasteiger partial charge in [-0.05, 0) is 18.6 Å². The topological polar surface area (TPSA) is 76.1 Å². The Morgan fingerprint density at radius 2 is 1.67 bits per heavy atom. The normalized spacial score (nSPS) is 16.1. The summed E-state index contributed by atoms with van der Waals surface area (Å²) in [7, 11) is 0. The van der Waals surface area contributed by atoms with Crippen LogP contribution in [0.1, 0.15) is 6.42 Å². The molecule has 27 heavy (non-hydrogen) atoms. The van der Waals surface area contributed by atoms with Crippen LogP contribution in [0.25, 0.3) is 11.4 Å². The summed E-state index contributed by atoms with van der Waals surface area (Å²) in [6.07, 6.45) is 0.734. The molecule has 0 radical (unpaired) electrons. The number of para-hydroxylation sites is 1. The van der Waals surface area contributed by atoms with Crippen LogP contribution < -0.4 is 10.6 Å². The molecule has 0 bridgehead atoms. The quantitative estimate of drug-likeness (QED) is 0.722. The predicted molar refractivity (Wildman–Crippen MR) is 105 cm³/mol. The second-order valence-electron chi connectivity index (χ2n) is 6.37. The third-order valence-electron chi connectivity index (χ3n) is 4.36. The Labute approximate surface area is 157 Å². The Morgan fingerprint density at radius 1 is 0.963 bits per heavy atom. The number of hydrogen-bond acceptors (Lipinski definition) is 5. The average Bonchev–Trinajstić information content (AvgIpc) is 3.24. The summed E-state index contributed by atoms with van der Waals surface area (Å²) in [4.78, 5) is 21.6. The lowest BCUT2D eigenvalue weighted by Crippen LogP contribution is -2.23. The molecule has 1 aliphatic heterocycles. The number of benzene rings is 2. The van der Waals surface area contributed by atoms with Crippen molar-refractivity contribution in [3.8, 4) is 11.4 Å². The molecule has 2 heterocycles. The van der Waals surface area contributed by atoms with Gasteiger partial charge < -0.3 is 15.4 Å². The van der Waals surface area contributed by atoms with Crippen LogP contribution in [-0.2, 0) is 9.53 Å². The number of hydrogen-bond donors (Lipinski definition) is 2. The van der Waals surface area contributed by atoms with Crippen molar-refractivity contribution in [3.63, 3.8) is 0 Å². The summed E-state index contributed by atoms with van der Waals surface area (Å²) in [6.45, 7) is 1.08. The first kappa shape index (κ1) is 17.2. The maximum atomic E-state index is 12.5. The van der Waals surface area contributed by atoms with E-state index in [-0.39, 0.29) is 11.8 Å². The Bertz CT molecular complexity index is 910. The van der Waals surface area contributed by atoms with Gasteiger partial charge in [0.05, 0.1) is 12.5 Å². The van der Waals surface area contributed by atoms with E-state index in [1.54, 1.807) is 6.07 Å². The van der Waals surface area contributed by atoms with Gasteiger partial charge in [0.15, 0.2) is 5.82 Å². The van der Waals surface area contributed by atoms with Crippen molar-refractivity contribution in [2.75, 3.05) is 23.8 Å². The number of nitrogens with one attached hydrogen (secondary N) is 2. The lowest BCUT2D eigenvalue weighted by atomic mass is 10.1. The molecule has 6 heteroatoms. The van der Waals surface area contributed by atoms with Gasteiger partial charge in [-0.15, -0.1) is 0 Å². The van der Waals surface area contributed by atoms with E-state index in [1.807, 2.05) is 60.7 Å². The minimum Gasteiger partial charge on any atom is -0.381 e. The van der Waals surface area contributed by atoms with Gasteiger partial charge >= 0.3 is 0 Å². The number of carbonyl (C=O) groups excluding carboxylic acids is 1. The lowest BCUT2D eigenvalue weighted by molar-refractivity contribution is -0.119. The average molecular weight is 360 g/mol. The minimum absolute atomic E-state index is 0.0733. The zero-order chi connectivity index (χ0) is 18.5. The van der Waals surface area contributed by atoms with Gasteiger partial charge in [-0.1, -0.05) is 48.5 Å². The van der Waals surface area contributed by atoms with E-state index in [0.29, 0.717) is 30.7 Å². The maximum absolute atomic E-state index is 12.5. The molecule has 1 atom stereocenters. The van der Waals surface area contributed by atoms with E-state index in [4.69, 9.17) is 4.74 Å². The van der Waals surface area contributed by atoms with Crippen LogP contribution in [-0.4, -0.2) is 29.1 Å². The number of nitrogens with zero attached hydrogens (tertiary/aromatic N) is 2. The number of amides is 1. The van der Waals surface area contributed by atoms with Crippen LogP contribution in [0.15, 0.2) is 66.7 Å². The largest absolute Gasteiger partial charge is 0.381 e. The molecule has 3 aromatic rings. The SMILES string of the molecule is O=C(Nc1cc(Nc2ccccc2)nc(-c2ccccc2)n1)C1CCOC1. The fourth-order valence-electron chi connectivity index (χ4n) is 2.93. The molecule has 136 valence electrons. The van der Waals surface area contributed by atoms with E-state index >= 15 is 0 Å². The van der Waals surface area contributed by atoms with Crippen molar-refractivity contribution < 1.29 is 9.53 Å². The Kier molecular flexibility index (Phi) is 5.07. The minimum atomic E-state index is -0.134. The summed E-state index contributed by atoms with van der Waals surface area (Å²) in [5.41, 5.74) is 1.80. The molecule has 0 aliphatic carbocycles. The van der Waals surface area contributed by atoms with Crippen LogP contribution in [0.3, 0.4) is 0 Å². The molecular weight excluding hydrogens is 340 g/mol. The molecule has 0 spiro atoms. The first-order valence-electron chi connectivity index (χ1n) is 8.93. The summed E-state index contributed by atoms with van der Waals surface area (Å²) < 4.78 is 5.31. The van der Waals surface area contributed by atoms with Gasteiger partial charge in [0.2, 0.25) is 5.91 Å². The molecule has 1 aliphatic rings. The van der Waals surface area contributed by atoms with Crippen molar-refractivity contribution in [2.45, 2.75) is 6.42 Å². The number of aromatic nitrogens is 2. The number of carbonyl (C=O) groups is 1. The Hall–Kier alpha value is -3.25. The van der Waals surface area contributed by atoms with Crippen LogP contribution in [0, 0.1) is 5.92 Å². The van der Waals surface area contributed by atoms with Crippen molar-refractivity contribution in [1.29, 1.82) is 0 Å². The van der Waals surface area contributed by atoms with E-state index in [9.17, 15) is 4.79 Å². The highest BCUT2D eigenvalue weighted by molar-refractivity contribution is 5.92. The van der Waals surface area contributed by atoms with Gasteiger partial charge in [0.1, 0.15) is 11.6 Å². The lowest BCUT2D eigenvalue weighted by Gasteiger charge is -2.13. The van der Waals surface area contributed by atoms with Crippen molar-refractivity contribution in [2.24, 2.45) is 5.92 Å². The van der Waals surface area contributed by atoms with Crippen molar-refractivity contribution in [3.05, 3.63) is 66.7 Å². The zero-order valence-corrected chi connectivity index (χ0v) is 14.8. The predicted octanol–water partition coefficient (Wildman–Crippen LogP) is 3.86. The van der Waals surface area contributed by atoms with Crippen LogP contribution in [0.5, 0.6) is 0 Å². The van der Waals surface area contributed by atoms with Crippen LogP contribution >= 0.6 is 0 Å². The van der Waals surface area contributed by atoms with Crippen LogP contribution in [0.2, 0.25) is 0 Å². The van der Waals surface area contributed by atoms with Crippen molar-refractivity contribution in [1.82, 2.24) is 9.97 Å². The monoisotopic (exact) mass is 360 g/mol. The first-order valence-corrected chi connectivity index (χ1v) is 8.93. The third-order valence-corrected chi connectivity index (χ3v) is 4.36. The van der Waals surface area contributed by atoms with Gasteiger partial charge in [-0.3, -0.25) is 4.79 Å². The van der Waals surface area contributed by atoms with Gasteiger partial charge in [-0.25, -0.2) is 9.97 Å². The molecule has 6 nitrogen and oxygen atoms in total. The van der Waals surface area contributed by atoms with E-state index < -0.39 is 0 Å². The standard InChI is InChI=1S/C21H20N4O2/c26-21(16-11-12-27-14-16)25-19-13-18(22-17-9-5-2-6-10-17)23-20(24-19)15-7-3-1-4-8-15/h1-10,13,16H,11-12,14H2,(H2,22,23,24,25,26). The van der Waals surface area contributed by atoms with E-state index in [0.717, 1.165) is 17.7 Å². The molecular formula is C21H20N4O2. The highest BCUT2D eigenvalue weighted by Crippen LogP contribution is 2.23. The summed E-state index contributed by atoms with van der Waals surface area (Å²) in [5.74, 6) is 1.43. The molecule has 0 saturated carbocycles. The van der Waals surface area contributed by atoms with Crippen molar-refractivity contribution >= 4 is 23.2 Å². The second-order valence-corrected chi connectivity index (χ2v) is 6.37. The molecule has 1 saturated heterocycles. The van der Waals surface area contributed by atoms with Gasteiger partial charge in [-0.2, -0.15) is 0 Å². The van der Waals surface area contributed by atoms with Crippen LogP contribution in [0.4, 0.5) is 17.3 Å². The first-order chi connectivity index (χ1) is 13.3. The summed E-state index contributed by atoms with van der Waals surface area (Å²) >= 11 is 0. The molecule has 2 N–H and O–H groups in total. The molecule has 2 aromatic carbocycles. The molecule has 1 amide bonds. The highest BCUT2D eigenvalue weighted by Gasteiger charge is 2.24. The Morgan fingerprint density at radius 3 is 2.37 bits per heavy atom. The summed E-state index contributed by atoms with van der Waals surface area (Å²) in [6, 6.07) is 21.2. The van der Waals surface area contributed by atoms with Gasteiger partial charge in [0.25, 0.3) is 0 Å². The molecule has 1 aromatic heterocycles. The molecule has 1 fully saturated rings. The second kappa shape index (κ2) is 7.97. The van der Waals surface area contributed by atoms with E-state index in [1.165, 1.54) is 0 Å². The van der Waals surface area contributed by atoms with Gasteiger partial charge in [0, 0.05) is 23.9 Å². The van der Waals surface area contributed by atoms with E-state index in [2.05, 4.69) is 20.6 Å². The third kappa shape index (κ3) is 4.30. The maximum Gasteiger partial charge on any atom is 0.231 e. The molecule has 4 rings (SSSR count). The number of ether oxygens (including phenoxy) is 1. The molecule has 1 unspecified atom stereocenters. The Balaban J connectivity index is 1.64. The summed E-state index contributed by atoms with van der Waals surface area (Å²) in [5, 5.41) is 6.18. The zero-order valence-electron chi connectivity index (χ0n) is 14.8. The number of anilines is 3. The smallest absolute Gasteiger partial charge is 0.231 e.